The van der Waals surface area contributed by atoms with Crippen molar-refractivity contribution in [3.8, 4) is 0 Å². The molecule has 2 heterocycles. The Bertz CT molecular complexity index is 607. The van der Waals surface area contributed by atoms with Gasteiger partial charge in [0.15, 0.2) is 0 Å². The normalized spacial score (nSPS) is 15.1. The van der Waals surface area contributed by atoms with E-state index >= 15 is 0 Å². The van der Waals surface area contributed by atoms with Crippen LogP contribution in [0.4, 0.5) is 4.79 Å². The summed E-state index contributed by atoms with van der Waals surface area (Å²) in [7, 11) is 1.78. The first-order valence-electron chi connectivity index (χ1n) is 7.15. The Morgan fingerprint density at radius 2 is 2.32 bits per heavy atom. The molecular formula is C15H22N4O2S. The van der Waals surface area contributed by atoms with Gasteiger partial charge in [0.1, 0.15) is 5.60 Å². The van der Waals surface area contributed by atoms with E-state index in [9.17, 15) is 9.90 Å². The lowest BCUT2D eigenvalue weighted by Crippen LogP contribution is -2.44. The second-order valence-corrected chi connectivity index (χ2v) is 6.64. The van der Waals surface area contributed by atoms with E-state index in [1.807, 2.05) is 11.4 Å². The van der Waals surface area contributed by atoms with Crippen molar-refractivity contribution in [2.75, 3.05) is 13.1 Å². The quantitative estimate of drug-likeness (QED) is 0.758. The second-order valence-electron chi connectivity index (χ2n) is 5.66. The maximum Gasteiger partial charge on any atom is 0.314 e. The molecule has 0 spiro atoms. The Morgan fingerprint density at radius 3 is 2.91 bits per heavy atom. The molecule has 2 atom stereocenters. The lowest BCUT2D eigenvalue weighted by atomic mass is 10.00. The summed E-state index contributed by atoms with van der Waals surface area (Å²) < 4.78 is 1.62. The van der Waals surface area contributed by atoms with Crippen molar-refractivity contribution >= 4 is 17.4 Å². The van der Waals surface area contributed by atoms with Gasteiger partial charge in [0.05, 0.1) is 12.7 Å². The van der Waals surface area contributed by atoms with E-state index in [-0.39, 0.29) is 18.5 Å². The molecule has 0 fully saturated rings. The van der Waals surface area contributed by atoms with Gasteiger partial charge in [-0.15, -0.1) is 11.3 Å². The molecule has 0 aliphatic heterocycles. The van der Waals surface area contributed by atoms with Crippen molar-refractivity contribution in [3.05, 3.63) is 40.3 Å². The van der Waals surface area contributed by atoms with Crippen LogP contribution in [0, 0.1) is 0 Å². The van der Waals surface area contributed by atoms with Crippen molar-refractivity contribution in [1.29, 1.82) is 0 Å². The van der Waals surface area contributed by atoms with Gasteiger partial charge in [-0.25, -0.2) is 4.79 Å². The molecule has 22 heavy (non-hydrogen) atoms. The van der Waals surface area contributed by atoms with Crippen molar-refractivity contribution in [3.63, 3.8) is 0 Å². The summed E-state index contributed by atoms with van der Waals surface area (Å²) in [4.78, 5) is 13.1. The summed E-state index contributed by atoms with van der Waals surface area (Å²) in [5, 5.41) is 22.0. The molecule has 2 rings (SSSR count). The summed E-state index contributed by atoms with van der Waals surface area (Å²) in [5.41, 5.74) is -0.479. The lowest BCUT2D eigenvalue weighted by Gasteiger charge is -2.22. The van der Waals surface area contributed by atoms with Gasteiger partial charge in [-0.3, -0.25) is 4.68 Å². The number of amides is 2. The van der Waals surface area contributed by atoms with Crippen LogP contribution < -0.4 is 10.6 Å². The molecule has 0 aliphatic carbocycles. The van der Waals surface area contributed by atoms with E-state index in [2.05, 4.69) is 28.7 Å². The Morgan fingerprint density at radius 1 is 1.55 bits per heavy atom. The molecule has 0 saturated heterocycles. The maximum atomic E-state index is 11.8. The van der Waals surface area contributed by atoms with Gasteiger partial charge >= 0.3 is 6.03 Å². The minimum Gasteiger partial charge on any atom is -0.383 e. The van der Waals surface area contributed by atoms with Gasteiger partial charge in [0.2, 0.25) is 0 Å². The van der Waals surface area contributed by atoms with Crippen LogP contribution in [0.5, 0.6) is 0 Å². The van der Waals surface area contributed by atoms with Crippen LogP contribution in [-0.4, -0.2) is 34.0 Å². The van der Waals surface area contributed by atoms with E-state index < -0.39 is 5.60 Å². The van der Waals surface area contributed by atoms with Crippen LogP contribution in [0.2, 0.25) is 0 Å². The van der Waals surface area contributed by atoms with Crippen molar-refractivity contribution < 1.29 is 9.90 Å². The molecule has 7 heteroatoms. The number of thiophene rings is 1. The molecule has 0 aliphatic rings. The van der Waals surface area contributed by atoms with Crippen LogP contribution in [0.3, 0.4) is 0 Å². The second kappa shape index (κ2) is 6.93. The molecule has 0 saturated carbocycles. The predicted octanol–water partition coefficient (Wildman–Crippen LogP) is 1.79. The fourth-order valence-corrected chi connectivity index (χ4v) is 2.82. The topological polar surface area (TPSA) is 79.2 Å². The highest BCUT2D eigenvalue weighted by molar-refractivity contribution is 7.10. The first kappa shape index (κ1) is 16.5. The van der Waals surface area contributed by atoms with Crippen LogP contribution in [-0.2, 0) is 12.6 Å². The number of nitrogens with one attached hydrogen (secondary N) is 2. The smallest absolute Gasteiger partial charge is 0.314 e. The molecule has 3 N–H and O–H groups in total. The first-order chi connectivity index (χ1) is 10.4. The molecule has 120 valence electrons. The van der Waals surface area contributed by atoms with Crippen LogP contribution in [0.1, 0.15) is 30.2 Å². The predicted molar refractivity (Wildman–Crippen MR) is 86.9 cm³/mol. The lowest BCUT2D eigenvalue weighted by molar-refractivity contribution is 0.0593. The zero-order valence-electron chi connectivity index (χ0n) is 13.0. The Balaban J connectivity index is 1.77. The Hall–Kier alpha value is -1.86. The third kappa shape index (κ3) is 4.32. The summed E-state index contributed by atoms with van der Waals surface area (Å²) >= 11 is 1.68. The van der Waals surface area contributed by atoms with Gasteiger partial charge in [-0.2, -0.15) is 5.10 Å². The van der Waals surface area contributed by atoms with Crippen molar-refractivity contribution in [2.45, 2.75) is 25.4 Å². The highest BCUT2D eigenvalue weighted by Crippen LogP contribution is 2.20. The van der Waals surface area contributed by atoms with E-state index in [0.717, 1.165) is 0 Å². The molecule has 2 aromatic rings. The maximum absolute atomic E-state index is 11.8. The van der Waals surface area contributed by atoms with Gasteiger partial charge < -0.3 is 15.7 Å². The Kier molecular flexibility index (Phi) is 5.20. The number of hydrogen-bond donors (Lipinski definition) is 3. The highest BCUT2D eigenvalue weighted by Gasteiger charge is 2.25. The highest BCUT2D eigenvalue weighted by atomic mass is 32.1. The third-order valence-electron chi connectivity index (χ3n) is 3.52. The van der Waals surface area contributed by atoms with Crippen LogP contribution >= 0.6 is 11.3 Å². The molecule has 2 aromatic heterocycles. The summed E-state index contributed by atoms with van der Waals surface area (Å²) in [6.07, 6.45) is 3.33. The van der Waals surface area contributed by atoms with E-state index in [0.29, 0.717) is 12.1 Å². The monoisotopic (exact) mass is 322 g/mol. The fraction of sp³-hybridized carbons (Fsp3) is 0.467. The van der Waals surface area contributed by atoms with Crippen molar-refractivity contribution in [2.24, 2.45) is 7.05 Å². The molecule has 0 unspecified atom stereocenters. The fourth-order valence-electron chi connectivity index (χ4n) is 2.03. The minimum atomic E-state index is -1.15. The average Bonchev–Trinajstić information content (AvgIpc) is 3.14. The molecule has 0 radical (unpaired) electrons. The molecular weight excluding hydrogens is 300 g/mol. The molecule has 6 nitrogen and oxygen atoms in total. The van der Waals surface area contributed by atoms with Gasteiger partial charge in [-0.1, -0.05) is 13.0 Å². The first-order valence-corrected chi connectivity index (χ1v) is 8.03. The van der Waals surface area contributed by atoms with Gasteiger partial charge in [0.25, 0.3) is 0 Å². The standard InChI is InChI=1S/C15H22N4O2S/c1-11(13-5-4-6-22-13)7-16-14(20)17-10-15(2,21)12-8-18-19(3)9-12/h4-6,8-9,11,21H,7,10H2,1-3H3,(H2,16,17,20)/t11-,15-/m0/s1. The summed E-state index contributed by atoms with van der Waals surface area (Å²) in [6, 6.07) is 3.77. The summed E-state index contributed by atoms with van der Waals surface area (Å²) in [5.74, 6) is 0.268. The Labute approximate surface area is 134 Å². The van der Waals surface area contributed by atoms with Crippen LogP contribution in [0.25, 0.3) is 0 Å². The molecule has 0 bridgehead atoms. The number of carbonyl (C=O) groups is 1. The SMILES string of the molecule is C[C@@H](CNC(=O)NC[C@](C)(O)c1cnn(C)c1)c1cccs1. The van der Waals surface area contributed by atoms with E-state index in [1.165, 1.54) is 4.88 Å². The third-order valence-corrected chi connectivity index (χ3v) is 4.62. The summed E-state index contributed by atoms with van der Waals surface area (Å²) in [6.45, 7) is 4.40. The zero-order valence-corrected chi connectivity index (χ0v) is 13.9. The molecule has 2 amide bonds. The van der Waals surface area contributed by atoms with Crippen molar-refractivity contribution in [1.82, 2.24) is 20.4 Å². The number of nitrogens with zero attached hydrogens (tertiary/aromatic N) is 2. The largest absolute Gasteiger partial charge is 0.383 e. The number of urea groups is 1. The van der Waals surface area contributed by atoms with Gasteiger partial charge in [0, 0.05) is 36.1 Å². The number of hydrogen-bond acceptors (Lipinski definition) is 4. The van der Waals surface area contributed by atoms with Gasteiger partial charge in [-0.05, 0) is 18.4 Å². The number of aliphatic hydroxyl groups is 1. The van der Waals surface area contributed by atoms with E-state index in [4.69, 9.17) is 0 Å². The minimum absolute atomic E-state index is 0.123. The number of rotatable bonds is 6. The molecule has 0 aromatic carbocycles. The number of carbonyl (C=O) groups excluding carboxylic acids is 1. The van der Waals surface area contributed by atoms with E-state index in [1.54, 1.807) is 42.4 Å². The average molecular weight is 322 g/mol. The van der Waals surface area contributed by atoms with Crippen LogP contribution in [0.15, 0.2) is 29.9 Å². The number of aryl methyl sites for hydroxylation is 1. The number of aromatic nitrogens is 2. The zero-order chi connectivity index (χ0) is 16.2.